The first-order valence-corrected chi connectivity index (χ1v) is 14.0. The summed E-state index contributed by atoms with van der Waals surface area (Å²) in [7, 11) is 0. The first-order chi connectivity index (χ1) is 18.7. The monoisotopic (exact) mass is 587 g/mol. The average molecular weight is 588 g/mol. The number of carbonyl (C=O) groups is 3. The molecule has 0 aliphatic rings. The summed E-state index contributed by atoms with van der Waals surface area (Å²) in [5.41, 5.74) is 1.08. The second kappa shape index (κ2) is 12.5. The van der Waals surface area contributed by atoms with Crippen molar-refractivity contribution in [1.29, 1.82) is 0 Å². The minimum absolute atomic E-state index is 0.154. The number of benzene rings is 2. The zero-order valence-electron chi connectivity index (χ0n) is 20.8. The predicted molar refractivity (Wildman–Crippen MR) is 148 cm³/mol. The van der Waals surface area contributed by atoms with Crippen molar-refractivity contribution in [3.05, 3.63) is 74.2 Å². The summed E-state index contributed by atoms with van der Waals surface area (Å²) < 4.78 is 27.0. The number of hydrogen-bond donors (Lipinski definition) is 0. The normalized spacial score (nSPS) is 10.9. The number of carbonyl (C=O) groups excluding carboxylic acids is 3. The van der Waals surface area contributed by atoms with Gasteiger partial charge in [0.25, 0.3) is 5.56 Å². The Morgan fingerprint density at radius 3 is 2.23 bits per heavy atom. The van der Waals surface area contributed by atoms with Gasteiger partial charge in [-0.3, -0.25) is 23.5 Å². The van der Waals surface area contributed by atoms with Crippen LogP contribution in [0.1, 0.15) is 30.6 Å². The van der Waals surface area contributed by atoms with Crippen LogP contribution in [-0.4, -0.2) is 50.8 Å². The Kier molecular flexibility index (Phi) is 9.04. The minimum atomic E-state index is -0.639. The molecule has 13 heteroatoms. The fourth-order valence-corrected chi connectivity index (χ4v) is 5.78. The van der Waals surface area contributed by atoms with Crippen molar-refractivity contribution in [2.45, 2.75) is 25.4 Å². The number of ketones is 1. The minimum Gasteiger partial charge on any atom is -0.466 e. The first kappa shape index (κ1) is 28.3. The third-order valence-corrected chi connectivity index (χ3v) is 7.66. The van der Waals surface area contributed by atoms with Crippen LogP contribution in [0.25, 0.3) is 21.7 Å². The van der Waals surface area contributed by atoms with E-state index < -0.39 is 35.5 Å². The fourth-order valence-electron chi connectivity index (χ4n) is 3.61. The number of Topliss-reactive ketones (excluding diaryl/α,β-unsaturated/α-hetero) is 1. The molecule has 2 aromatic carbocycles. The summed E-state index contributed by atoms with van der Waals surface area (Å²) in [6.07, 6.45) is -0.411. The largest absolute Gasteiger partial charge is 0.466 e. The van der Waals surface area contributed by atoms with Crippen LogP contribution in [0.3, 0.4) is 0 Å². The summed E-state index contributed by atoms with van der Waals surface area (Å²) in [6, 6.07) is 11.8. The van der Waals surface area contributed by atoms with Crippen molar-refractivity contribution in [1.82, 2.24) is 14.1 Å². The van der Waals surface area contributed by atoms with Crippen molar-refractivity contribution < 1.29 is 28.2 Å². The van der Waals surface area contributed by atoms with Crippen molar-refractivity contribution in [3.63, 3.8) is 0 Å². The van der Waals surface area contributed by atoms with Gasteiger partial charge >= 0.3 is 11.9 Å². The highest BCUT2D eigenvalue weighted by molar-refractivity contribution is 7.99. The molecule has 0 fully saturated rings. The van der Waals surface area contributed by atoms with Gasteiger partial charge in [-0.25, -0.2) is 14.2 Å². The second-order valence-electron chi connectivity index (χ2n) is 7.94. The average Bonchev–Trinajstić information content (AvgIpc) is 3.24. The van der Waals surface area contributed by atoms with Crippen molar-refractivity contribution in [3.8, 4) is 11.4 Å². The van der Waals surface area contributed by atoms with Crippen LogP contribution in [0.5, 0.6) is 0 Å². The van der Waals surface area contributed by atoms with E-state index in [0.29, 0.717) is 20.9 Å². The molecule has 2 heterocycles. The van der Waals surface area contributed by atoms with E-state index in [1.165, 1.54) is 28.8 Å². The molecular weight excluding hydrogens is 566 g/mol. The number of thioether (sulfide) groups is 1. The Balaban J connectivity index is 1.81. The van der Waals surface area contributed by atoms with Gasteiger partial charge in [-0.05, 0) is 74.6 Å². The molecule has 0 saturated heterocycles. The summed E-state index contributed by atoms with van der Waals surface area (Å²) in [5.74, 6) is -2.14. The van der Waals surface area contributed by atoms with Gasteiger partial charge in [0.1, 0.15) is 16.9 Å². The molecule has 4 rings (SSSR count). The smallest absolute Gasteiger partial charge is 0.338 e. The lowest BCUT2D eigenvalue weighted by molar-refractivity contribution is -0.145. The molecule has 0 unspecified atom stereocenters. The number of esters is 2. The van der Waals surface area contributed by atoms with Gasteiger partial charge in [0.15, 0.2) is 20.5 Å². The number of rotatable bonds is 10. The van der Waals surface area contributed by atoms with Crippen LogP contribution in [0.2, 0.25) is 0 Å². The molecular formula is C26H22FN3O6S3. The maximum absolute atomic E-state index is 13.7. The van der Waals surface area contributed by atoms with E-state index in [2.05, 4.69) is 4.98 Å². The van der Waals surface area contributed by atoms with Gasteiger partial charge in [-0.1, -0.05) is 23.1 Å². The van der Waals surface area contributed by atoms with E-state index >= 15 is 0 Å². The van der Waals surface area contributed by atoms with Crippen LogP contribution >= 0.6 is 35.3 Å². The molecule has 0 spiro atoms. The van der Waals surface area contributed by atoms with Crippen LogP contribution in [0.15, 0.2) is 58.5 Å². The molecule has 0 bridgehead atoms. The van der Waals surface area contributed by atoms with Crippen LogP contribution in [-0.2, 0) is 19.1 Å². The van der Waals surface area contributed by atoms with Crippen molar-refractivity contribution in [2.24, 2.45) is 0 Å². The van der Waals surface area contributed by atoms with Crippen molar-refractivity contribution >= 4 is 63.4 Å². The molecule has 2 aromatic heterocycles. The molecule has 0 radical (unpaired) electrons. The molecule has 202 valence electrons. The van der Waals surface area contributed by atoms with Crippen molar-refractivity contribution in [2.75, 3.05) is 19.0 Å². The van der Waals surface area contributed by atoms with E-state index in [1.807, 2.05) is 0 Å². The Morgan fingerprint density at radius 1 is 0.974 bits per heavy atom. The van der Waals surface area contributed by atoms with E-state index in [1.54, 1.807) is 42.7 Å². The van der Waals surface area contributed by atoms with Crippen LogP contribution in [0, 0.1) is 9.77 Å². The lowest BCUT2D eigenvalue weighted by Crippen LogP contribution is -2.22. The lowest BCUT2D eigenvalue weighted by Gasteiger charge is -2.13. The standard InChI is InChI=1S/C26H22FN3O6S3/c1-3-35-20(32)13-19(31)14-38-25-28-22-21(23(33)30(25)18-11-7-16(27)8-12-18)39-26(37)29(22)17-9-5-15(6-10-17)24(34)36-4-2/h5-12H,3-4,13-14H2,1-2H3. The highest BCUT2D eigenvalue weighted by Gasteiger charge is 2.21. The fraction of sp³-hybridized carbons (Fsp3) is 0.231. The molecule has 9 nitrogen and oxygen atoms in total. The Bertz CT molecular complexity index is 1660. The van der Waals surface area contributed by atoms with E-state index in [9.17, 15) is 23.6 Å². The van der Waals surface area contributed by atoms with E-state index in [-0.39, 0.29) is 34.5 Å². The van der Waals surface area contributed by atoms with Gasteiger partial charge in [0.2, 0.25) is 0 Å². The maximum Gasteiger partial charge on any atom is 0.338 e. The van der Waals surface area contributed by atoms with E-state index in [4.69, 9.17) is 21.7 Å². The van der Waals surface area contributed by atoms with Gasteiger partial charge in [-0.15, -0.1) is 0 Å². The molecule has 0 saturated carbocycles. The summed E-state index contributed by atoms with van der Waals surface area (Å²) in [4.78, 5) is 54.6. The number of thiazole rings is 1. The molecule has 4 aromatic rings. The molecule has 0 atom stereocenters. The van der Waals surface area contributed by atoms with Gasteiger partial charge < -0.3 is 9.47 Å². The maximum atomic E-state index is 13.7. The molecule has 0 N–H and O–H groups in total. The number of aromatic nitrogens is 3. The summed E-state index contributed by atoms with van der Waals surface area (Å²) in [6.45, 7) is 3.76. The molecule has 39 heavy (non-hydrogen) atoms. The lowest BCUT2D eigenvalue weighted by atomic mass is 10.2. The molecule has 0 aliphatic carbocycles. The zero-order valence-corrected chi connectivity index (χ0v) is 23.3. The third-order valence-electron chi connectivity index (χ3n) is 5.31. The zero-order chi connectivity index (χ0) is 28.1. The summed E-state index contributed by atoms with van der Waals surface area (Å²) >= 11 is 7.58. The highest BCUT2D eigenvalue weighted by Crippen LogP contribution is 2.28. The number of hydrogen-bond acceptors (Lipinski definition) is 10. The highest BCUT2D eigenvalue weighted by atomic mass is 32.2. The molecule has 0 aliphatic heterocycles. The summed E-state index contributed by atoms with van der Waals surface area (Å²) in [5, 5.41) is 0.154. The number of halogens is 1. The Morgan fingerprint density at radius 2 is 1.59 bits per heavy atom. The Hall–Kier alpha value is -3.68. The second-order valence-corrected chi connectivity index (χ2v) is 10.5. The number of nitrogens with zero attached hydrogens (tertiary/aromatic N) is 3. The van der Waals surface area contributed by atoms with Gasteiger partial charge in [0.05, 0.1) is 30.2 Å². The Labute approximate surface area is 235 Å². The number of fused-ring (bicyclic) bond motifs is 1. The van der Waals surface area contributed by atoms with Gasteiger partial charge in [-0.2, -0.15) is 0 Å². The molecule has 0 amide bonds. The van der Waals surface area contributed by atoms with Gasteiger partial charge in [0, 0.05) is 5.69 Å². The first-order valence-electron chi connectivity index (χ1n) is 11.8. The van der Waals surface area contributed by atoms with E-state index in [0.717, 1.165) is 23.1 Å². The topological polar surface area (TPSA) is 109 Å². The van der Waals surface area contributed by atoms with Crippen LogP contribution in [0.4, 0.5) is 4.39 Å². The predicted octanol–water partition coefficient (Wildman–Crippen LogP) is 4.90. The SMILES string of the molecule is CCOC(=O)CC(=O)CSc1nc2c(sc(=S)n2-c2ccc(C(=O)OCC)cc2)c(=O)n1-c1ccc(F)cc1. The quantitative estimate of drug-likeness (QED) is 0.0842. The van der Waals surface area contributed by atoms with Crippen LogP contribution < -0.4 is 5.56 Å². The number of ether oxygens (including phenoxy) is 2. The third kappa shape index (κ3) is 6.32.